The number of ether oxygens (including phenoxy) is 1. The van der Waals surface area contributed by atoms with E-state index in [0.717, 1.165) is 24.0 Å². The van der Waals surface area contributed by atoms with Crippen LogP contribution in [0.3, 0.4) is 0 Å². The second-order valence-electron chi connectivity index (χ2n) is 11.3. The molecule has 0 aromatic heterocycles. The maximum Gasteiger partial charge on any atom is 0.308 e. The Hall–Kier alpha value is -2.57. The average Bonchev–Trinajstić information content (AvgIpc) is 3.15. The molecule has 6 nitrogen and oxygen atoms in total. The van der Waals surface area contributed by atoms with Crippen LogP contribution in [0.5, 0.6) is 0 Å². The van der Waals surface area contributed by atoms with Crippen molar-refractivity contribution in [3.63, 3.8) is 0 Å². The summed E-state index contributed by atoms with van der Waals surface area (Å²) >= 11 is 13.1. The van der Waals surface area contributed by atoms with Gasteiger partial charge >= 0.3 is 5.97 Å². The summed E-state index contributed by atoms with van der Waals surface area (Å²) in [6.07, 6.45) is 2.78. The normalized spacial score (nSPS) is 29.5. The third-order valence-electron chi connectivity index (χ3n) is 9.17. The standard InChI is InChI=1S/C30H34Cl2N2O4/c1-17-26-25(18-4-7-21(31)8-5-18)23(10-13-30(26,2)29(37)33-17)22-9-6-20(16-24(22)32)27(35)34-14-11-19(12-15-34)28(36)38-3/h4-9,16-17,19,23,25-26H,10-15H2,1-3H3,(H,33,37)/t17-,23+,25+,26+,30-/m1/s1. The molecule has 2 amide bonds. The van der Waals surface area contributed by atoms with Crippen LogP contribution in [0.15, 0.2) is 42.5 Å². The van der Waals surface area contributed by atoms with Gasteiger partial charge in [0.15, 0.2) is 0 Å². The van der Waals surface area contributed by atoms with Crippen LogP contribution in [0.2, 0.25) is 10.0 Å². The number of nitrogens with one attached hydrogen (secondary N) is 1. The fourth-order valence-electron chi connectivity index (χ4n) is 7.14. The number of fused-ring (bicyclic) bond motifs is 1. The number of nitrogens with zero attached hydrogens (tertiary/aromatic N) is 1. The van der Waals surface area contributed by atoms with Gasteiger partial charge in [0.2, 0.25) is 5.91 Å². The van der Waals surface area contributed by atoms with E-state index in [0.29, 0.717) is 41.5 Å². The fraction of sp³-hybridized carbons (Fsp3) is 0.500. The number of hydrogen-bond acceptors (Lipinski definition) is 4. The summed E-state index contributed by atoms with van der Waals surface area (Å²) in [5, 5.41) is 4.44. The van der Waals surface area contributed by atoms with Crippen molar-refractivity contribution in [2.24, 2.45) is 17.3 Å². The van der Waals surface area contributed by atoms with E-state index in [1.807, 2.05) is 24.3 Å². The van der Waals surface area contributed by atoms with E-state index < -0.39 is 5.41 Å². The summed E-state index contributed by atoms with van der Waals surface area (Å²) in [6.45, 7) is 5.20. The number of rotatable bonds is 4. The van der Waals surface area contributed by atoms with Crippen molar-refractivity contribution in [1.29, 1.82) is 0 Å². The van der Waals surface area contributed by atoms with Gasteiger partial charge in [0.25, 0.3) is 5.91 Å². The van der Waals surface area contributed by atoms with Gasteiger partial charge in [0.1, 0.15) is 0 Å². The van der Waals surface area contributed by atoms with Gasteiger partial charge < -0.3 is 15.0 Å². The van der Waals surface area contributed by atoms with Crippen LogP contribution in [-0.2, 0) is 14.3 Å². The Morgan fingerprint density at radius 2 is 1.74 bits per heavy atom. The molecule has 0 spiro atoms. The number of esters is 1. The number of carbonyl (C=O) groups excluding carboxylic acids is 3. The molecule has 5 atom stereocenters. The third kappa shape index (κ3) is 4.71. The van der Waals surface area contributed by atoms with Crippen molar-refractivity contribution in [2.45, 2.75) is 57.4 Å². The second kappa shape index (κ2) is 10.5. The lowest BCUT2D eigenvalue weighted by atomic mass is 9.56. The van der Waals surface area contributed by atoms with E-state index in [4.69, 9.17) is 27.9 Å². The lowest BCUT2D eigenvalue weighted by Crippen LogP contribution is -2.42. The largest absolute Gasteiger partial charge is 0.469 e. The van der Waals surface area contributed by atoms with E-state index in [9.17, 15) is 14.4 Å². The molecule has 38 heavy (non-hydrogen) atoms. The molecule has 2 aromatic rings. The number of hydrogen-bond donors (Lipinski definition) is 1. The molecule has 8 heteroatoms. The minimum absolute atomic E-state index is 0.0310. The zero-order chi connectivity index (χ0) is 27.2. The first-order chi connectivity index (χ1) is 18.1. The molecular formula is C30H34Cl2N2O4. The Balaban J connectivity index is 1.42. The molecule has 1 N–H and O–H groups in total. The summed E-state index contributed by atoms with van der Waals surface area (Å²) in [4.78, 5) is 39.9. The highest BCUT2D eigenvalue weighted by atomic mass is 35.5. The van der Waals surface area contributed by atoms with Gasteiger partial charge in [0, 0.05) is 40.7 Å². The molecule has 3 aliphatic rings. The maximum atomic E-state index is 13.3. The highest BCUT2D eigenvalue weighted by Gasteiger charge is 2.57. The zero-order valence-corrected chi connectivity index (χ0v) is 23.5. The molecule has 5 rings (SSSR count). The molecule has 0 unspecified atom stereocenters. The number of halogens is 2. The smallest absolute Gasteiger partial charge is 0.308 e. The Morgan fingerprint density at radius 3 is 2.37 bits per heavy atom. The van der Waals surface area contributed by atoms with Crippen molar-refractivity contribution in [3.8, 4) is 0 Å². The van der Waals surface area contributed by atoms with Crippen LogP contribution in [0, 0.1) is 17.3 Å². The first kappa shape index (κ1) is 27.0. The number of benzene rings is 2. The van der Waals surface area contributed by atoms with Gasteiger partial charge in [0.05, 0.1) is 18.4 Å². The van der Waals surface area contributed by atoms with Crippen molar-refractivity contribution in [3.05, 3.63) is 69.2 Å². The van der Waals surface area contributed by atoms with Crippen molar-refractivity contribution in [1.82, 2.24) is 10.2 Å². The van der Waals surface area contributed by atoms with Crippen molar-refractivity contribution >= 4 is 41.0 Å². The van der Waals surface area contributed by atoms with Crippen LogP contribution in [0.1, 0.15) is 72.9 Å². The predicted molar refractivity (Wildman–Crippen MR) is 147 cm³/mol. The number of carbonyl (C=O) groups is 3. The number of amides is 2. The van der Waals surface area contributed by atoms with Crippen molar-refractivity contribution < 1.29 is 19.1 Å². The van der Waals surface area contributed by atoms with Crippen LogP contribution in [0.4, 0.5) is 0 Å². The van der Waals surface area contributed by atoms with Crippen LogP contribution < -0.4 is 5.32 Å². The molecule has 2 saturated heterocycles. The summed E-state index contributed by atoms with van der Waals surface area (Å²) in [6, 6.07) is 13.6. The molecule has 1 aliphatic carbocycles. The molecule has 0 radical (unpaired) electrons. The van der Waals surface area contributed by atoms with Crippen LogP contribution in [-0.4, -0.2) is 48.9 Å². The summed E-state index contributed by atoms with van der Waals surface area (Å²) in [5.41, 5.74) is 2.24. The summed E-state index contributed by atoms with van der Waals surface area (Å²) in [5.74, 6) is -0.0635. The van der Waals surface area contributed by atoms with Gasteiger partial charge in [-0.3, -0.25) is 14.4 Å². The molecular weight excluding hydrogens is 523 g/mol. The van der Waals surface area contributed by atoms with Gasteiger partial charge in [-0.2, -0.15) is 0 Å². The Bertz CT molecular complexity index is 1240. The van der Waals surface area contributed by atoms with Gasteiger partial charge in [-0.05, 0) is 79.8 Å². The van der Waals surface area contributed by atoms with Crippen LogP contribution >= 0.6 is 23.2 Å². The van der Waals surface area contributed by atoms with Crippen LogP contribution in [0.25, 0.3) is 0 Å². The molecule has 202 valence electrons. The number of piperidine rings is 1. The van der Waals surface area contributed by atoms with E-state index in [-0.39, 0.29) is 47.5 Å². The SMILES string of the molecule is COC(=O)C1CCN(C(=O)c2ccc([C@@H]3CC[C@@]4(C)C(=O)N[C@H](C)[C@H]4[C@H]3c3ccc(Cl)cc3)c(Cl)c2)CC1. The lowest BCUT2D eigenvalue weighted by molar-refractivity contribution is -0.146. The lowest BCUT2D eigenvalue weighted by Gasteiger charge is -2.46. The average molecular weight is 558 g/mol. The molecule has 2 heterocycles. The topological polar surface area (TPSA) is 75.7 Å². The second-order valence-corrected chi connectivity index (χ2v) is 12.1. The maximum absolute atomic E-state index is 13.3. The highest BCUT2D eigenvalue weighted by molar-refractivity contribution is 6.32. The highest BCUT2D eigenvalue weighted by Crippen LogP contribution is 2.59. The Morgan fingerprint density at radius 1 is 1.05 bits per heavy atom. The Kier molecular flexibility index (Phi) is 7.49. The van der Waals surface area contributed by atoms with E-state index in [2.05, 4.69) is 31.3 Å². The molecule has 1 saturated carbocycles. The Labute approximate surface area is 234 Å². The van der Waals surface area contributed by atoms with E-state index in [1.165, 1.54) is 7.11 Å². The first-order valence-electron chi connectivity index (χ1n) is 13.4. The monoisotopic (exact) mass is 556 g/mol. The quantitative estimate of drug-likeness (QED) is 0.481. The van der Waals surface area contributed by atoms with Crippen molar-refractivity contribution in [2.75, 3.05) is 20.2 Å². The minimum atomic E-state index is -0.446. The summed E-state index contributed by atoms with van der Waals surface area (Å²) < 4.78 is 4.86. The molecule has 2 aliphatic heterocycles. The van der Waals surface area contributed by atoms with Gasteiger partial charge in [-0.25, -0.2) is 0 Å². The van der Waals surface area contributed by atoms with E-state index in [1.54, 1.807) is 11.0 Å². The van der Waals surface area contributed by atoms with Gasteiger partial charge in [-0.15, -0.1) is 0 Å². The predicted octanol–water partition coefficient (Wildman–Crippen LogP) is 5.82. The van der Waals surface area contributed by atoms with E-state index >= 15 is 0 Å². The van der Waals surface area contributed by atoms with Gasteiger partial charge in [-0.1, -0.05) is 48.3 Å². The first-order valence-corrected chi connectivity index (χ1v) is 14.1. The molecule has 0 bridgehead atoms. The third-order valence-corrected chi connectivity index (χ3v) is 9.74. The molecule has 3 fully saturated rings. The fourth-order valence-corrected chi connectivity index (χ4v) is 7.59. The summed E-state index contributed by atoms with van der Waals surface area (Å²) in [7, 11) is 1.40. The number of methoxy groups -OCH3 is 1. The minimum Gasteiger partial charge on any atom is -0.469 e. The number of likely N-dealkylation sites (tertiary alicyclic amines) is 1. The zero-order valence-electron chi connectivity index (χ0n) is 22.0. The molecule has 2 aromatic carbocycles.